The monoisotopic (exact) mass is 397 g/mol. The summed E-state index contributed by atoms with van der Waals surface area (Å²) in [6.07, 6.45) is 0. The Labute approximate surface area is 172 Å². The van der Waals surface area contributed by atoms with Gasteiger partial charge in [0.1, 0.15) is 5.54 Å². The second kappa shape index (κ2) is 5.77. The van der Waals surface area contributed by atoms with E-state index >= 15 is 0 Å². The zero-order valence-electron chi connectivity index (χ0n) is 16.3. The Bertz CT molecular complexity index is 1260. The number of hydrogen-bond acceptors (Lipinski definition) is 4. The van der Waals surface area contributed by atoms with Crippen LogP contribution in [0.2, 0.25) is 0 Å². The first-order valence-corrected chi connectivity index (χ1v) is 10.1. The lowest BCUT2D eigenvalue weighted by atomic mass is 9.76. The molecule has 0 aromatic heterocycles. The number of imide groups is 1. The fraction of sp³-hybridized carbons (Fsp3) is 0.208. The van der Waals surface area contributed by atoms with Gasteiger partial charge >= 0.3 is 0 Å². The molecule has 0 radical (unpaired) electrons. The lowest BCUT2D eigenvalue weighted by Crippen LogP contribution is -2.53. The molecule has 0 bridgehead atoms. The molecule has 2 fully saturated rings. The average molecular weight is 397 g/mol. The molecule has 2 saturated heterocycles. The molecule has 3 aromatic rings. The average Bonchev–Trinajstić information content (AvgIpc) is 3.32. The number of anilines is 2. The van der Waals surface area contributed by atoms with Crippen LogP contribution in [0.1, 0.15) is 12.5 Å². The van der Waals surface area contributed by atoms with Crippen LogP contribution in [0.5, 0.6) is 0 Å². The fourth-order valence-corrected chi connectivity index (χ4v) is 5.56. The van der Waals surface area contributed by atoms with Crippen molar-refractivity contribution in [1.29, 1.82) is 0 Å². The van der Waals surface area contributed by atoms with Crippen LogP contribution in [0, 0.1) is 11.8 Å². The maximum Gasteiger partial charge on any atom is 0.250 e. The first-order valence-electron chi connectivity index (χ1n) is 10.1. The topological polar surface area (TPSA) is 78.5 Å². The minimum atomic E-state index is -1.23. The van der Waals surface area contributed by atoms with Crippen molar-refractivity contribution in [3.8, 4) is 0 Å². The molecule has 3 heterocycles. The quantitative estimate of drug-likeness (QED) is 0.619. The van der Waals surface area contributed by atoms with Crippen molar-refractivity contribution in [2.75, 3.05) is 10.2 Å². The maximum absolute atomic E-state index is 13.8. The van der Waals surface area contributed by atoms with E-state index in [2.05, 4.69) is 10.6 Å². The van der Waals surface area contributed by atoms with E-state index in [1.807, 2.05) is 67.6 Å². The minimum absolute atomic E-state index is 0.254. The van der Waals surface area contributed by atoms with Crippen molar-refractivity contribution in [3.05, 3.63) is 72.3 Å². The molecule has 6 nitrogen and oxygen atoms in total. The van der Waals surface area contributed by atoms with Crippen molar-refractivity contribution in [3.63, 3.8) is 0 Å². The Hall–Kier alpha value is -3.51. The van der Waals surface area contributed by atoms with Gasteiger partial charge in [0.15, 0.2) is 0 Å². The van der Waals surface area contributed by atoms with Crippen molar-refractivity contribution in [2.45, 2.75) is 18.5 Å². The minimum Gasteiger partial charge on any atom is -0.324 e. The van der Waals surface area contributed by atoms with Crippen LogP contribution in [0.4, 0.5) is 11.4 Å². The van der Waals surface area contributed by atoms with Crippen LogP contribution in [-0.2, 0) is 19.9 Å². The molecule has 3 aliphatic heterocycles. The maximum atomic E-state index is 13.8. The number of hydrogen-bond donors (Lipinski definition) is 2. The van der Waals surface area contributed by atoms with E-state index in [4.69, 9.17) is 0 Å². The lowest BCUT2D eigenvalue weighted by Gasteiger charge is -2.29. The van der Waals surface area contributed by atoms with Crippen molar-refractivity contribution in [2.24, 2.45) is 11.8 Å². The molecule has 0 unspecified atom stereocenters. The van der Waals surface area contributed by atoms with Crippen molar-refractivity contribution in [1.82, 2.24) is 5.32 Å². The third kappa shape index (κ3) is 1.94. The molecular weight excluding hydrogens is 378 g/mol. The largest absolute Gasteiger partial charge is 0.324 e. The highest BCUT2D eigenvalue weighted by molar-refractivity contribution is 6.27. The van der Waals surface area contributed by atoms with Gasteiger partial charge in [-0.25, -0.2) is 4.90 Å². The van der Waals surface area contributed by atoms with Crippen LogP contribution >= 0.6 is 0 Å². The first kappa shape index (κ1) is 17.4. The van der Waals surface area contributed by atoms with Gasteiger partial charge in [0.05, 0.1) is 17.5 Å². The van der Waals surface area contributed by atoms with Crippen LogP contribution in [0.15, 0.2) is 66.7 Å². The molecule has 0 saturated carbocycles. The second-order valence-electron chi connectivity index (χ2n) is 8.25. The van der Waals surface area contributed by atoms with Crippen LogP contribution in [0.3, 0.4) is 0 Å². The summed E-state index contributed by atoms with van der Waals surface area (Å²) in [5.41, 5.74) is 0.765. The number of benzene rings is 3. The zero-order valence-corrected chi connectivity index (χ0v) is 16.3. The summed E-state index contributed by atoms with van der Waals surface area (Å²) in [6.45, 7) is 1.87. The van der Waals surface area contributed by atoms with Gasteiger partial charge in [-0.2, -0.15) is 0 Å². The first-order chi connectivity index (χ1) is 14.5. The van der Waals surface area contributed by atoms with Gasteiger partial charge in [0, 0.05) is 22.7 Å². The Morgan fingerprint density at radius 1 is 0.867 bits per heavy atom. The van der Waals surface area contributed by atoms with Crippen molar-refractivity contribution < 1.29 is 14.4 Å². The predicted molar refractivity (Wildman–Crippen MR) is 113 cm³/mol. The summed E-state index contributed by atoms with van der Waals surface area (Å²) in [7, 11) is 0. The Kier molecular flexibility index (Phi) is 3.34. The van der Waals surface area contributed by atoms with E-state index in [0.717, 1.165) is 16.3 Å². The van der Waals surface area contributed by atoms with Gasteiger partial charge in [-0.15, -0.1) is 0 Å². The van der Waals surface area contributed by atoms with Crippen LogP contribution in [0.25, 0.3) is 10.8 Å². The molecule has 1 spiro atoms. The van der Waals surface area contributed by atoms with Crippen LogP contribution in [-0.4, -0.2) is 23.8 Å². The van der Waals surface area contributed by atoms with Gasteiger partial charge in [-0.3, -0.25) is 19.7 Å². The summed E-state index contributed by atoms with van der Waals surface area (Å²) in [5.74, 6) is -2.25. The standard InChI is InChI=1S/C24H19N3O3/c1-13-19-20(24(26-13)16-10-4-5-11-17(16)25-23(24)30)22(29)27(21(19)28)18-12-6-8-14-7-2-3-9-15(14)18/h2-13,19-20,26H,1H3,(H,25,30)/t13-,19-,20-,24-/m1/s1. The van der Waals surface area contributed by atoms with E-state index in [1.54, 1.807) is 6.07 Å². The third-order valence-electron chi connectivity index (χ3n) is 6.78. The zero-order chi connectivity index (χ0) is 20.6. The molecule has 3 aromatic carbocycles. The highest BCUT2D eigenvalue weighted by Gasteiger charge is 2.69. The molecule has 2 N–H and O–H groups in total. The molecule has 4 atom stereocenters. The number of nitrogens with zero attached hydrogens (tertiary/aromatic N) is 1. The molecule has 6 heteroatoms. The van der Waals surface area contributed by atoms with E-state index in [0.29, 0.717) is 11.4 Å². The Morgan fingerprint density at radius 2 is 1.60 bits per heavy atom. The molecular formula is C24H19N3O3. The predicted octanol–water partition coefficient (Wildman–Crippen LogP) is 2.78. The highest BCUT2D eigenvalue weighted by atomic mass is 16.2. The summed E-state index contributed by atoms with van der Waals surface area (Å²) < 4.78 is 0. The van der Waals surface area contributed by atoms with Crippen molar-refractivity contribution >= 4 is 39.9 Å². The molecule has 3 aliphatic rings. The summed E-state index contributed by atoms with van der Waals surface area (Å²) in [6, 6.07) is 20.3. The number of rotatable bonds is 1. The van der Waals surface area contributed by atoms with Gasteiger partial charge in [0.25, 0.3) is 0 Å². The Balaban J connectivity index is 1.54. The van der Waals surface area contributed by atoms with E-state index in [-0.39, 0.29) is 23.8 Å². The second-order valence-corrected chi connectivity index (χ2v) is 8.25. The number of fused-ring (bicyclic) bond motifs is 5. The lowest BCUT2D eigenvalue weighted by molar-refractivity contribution is -0.130. The van der Waals surface area contributed by atoms with Crippen LogP contribution < -0.4 is 15.5 Å². The van der Waals surface area contributed by atoms with E-state index in [1.165, 1.54) is 4.90 Å². The Morgan fingerprint density at radius 3 is 2.47 bits per heavy atom. The third-order valence-corrected chi connectivity index (χ3v) is 6.78. The van der Waals surface area contributed by atoms with Gasteiger partial charge in [0.2, 0.25) is 17.7 Å². The summed E-state index contributed by atoms with van der Waals surface area (Å²) in [5, 5.41) is 8.02. The van der Waals surface area contributed by atoms with Gasteiger partial charge < -0.3 is 5.32 Å². The normalized spacial score (nSPS) is 29.6. The number of para-hydroxylation sites is 1. The smallest absolute Gasteiger partial charge is 0.250 e. The molecule has 3 amide bonds. The fourth-order valence-electron chi connectivity index (χ4n) is 5.56. The number of nitrogens with one attached hydrogen (secondary N) is 2. The SMILES string of the molecule is C[C@H]1N[C@@]2(C(=O)Nc3ccccc32)[C@H]2C(=O)N(c3cccc4ccccc34)C(=O)[C@H]12. The molecule has 148 valence electrons. The molecule has 0 aliphatic carbocycles. The van der Waals surface area contributed by atoms with Gasteiger partial charge in [-0.1, -0.05) is 54.6 Å². The van der Waals surface area contributed by atoms with E-state index in [9.17, 15) is 14.4 Å². The highest BCUT2D eigenvalue weighted by Crippen LogP contribution is 2.53. The number of carbonyl (C=O) groups excluding carboxylic acids is 3. The molecule has 30 heavy (non-hydrogen) atoms. The number of carbonyl (C=O) groups is 3. The van der Waals surface area contributed by atoms with Gasteiger partial charge in [-0.05, 0) is 24.4 Å². The summed E-state index contributed by atoms with van der Waals surface area (Å²) in [4.78, 5) is 41.8. The molecule has 6 rings (SSSR count). The number of amides is 3. The summed E-state index contributed by atoms with van der Waals surface area (Å²) >= 11 is 0. The van der Waals surface area contributed by atoms with E-state index < -0.39 is 17.4 Å².